The first kappa shape index (κ1) is 22.3. The highest BCUT2D eigenvalue weighted by Gasteiger charge is 2.21. The minimum Gasteiger partial charge on any atom is -0.494 e. The third-order valence-corrected chi connectivity index (χ3v) is 5.47. The lowest BCUT2D eigenvalue weighted by Gasteiger charge is -2.08. The van der Waals surface area contributed by atoms with Crippen molar-refractivity contribution < 1.29 is 19.0 Å². The Kier molecular flexibility index (Phi) is 7.19. The number of rotatable bonds is 10. The van der Waals surface area contributed by atoms with E-state index >= 15 is 0 Å². The lowest BCUT2D eigenvalue weighted by molar-refractivity contribution is 0.0734. The molecule has 0 radical (unpaired) electrons. The van der Waals surface area contributed by atoms with Gasteiger partial charge in [0, 0.05) is 6.61 Å². The molecule has 0 amide bonds. The van der Waals surface area contributed by atoms with Gasteiger partial charge in [0.05, 0.1) is 30.4 Å². The highest BCUT2D eigenvalue weighted by Crippen LogP contribution is 2.39. The van der Waals surface area contributed by atoms with Crippen LogP contribution in [0.15, 0.2) is 73.3 Å². The van der Waals surface area contributed by atoms with Gasteiger partial charge < -0.3 is 14.2 Å². The molecular weight excluding hydrogens is 414 g/mol. The van der Waals surface area contributed by atoms with E-state index in [0.717, 1.165) is 36.1 Å². The minimum absolute atomic E-state index is 0.414. The van der Waals surface area contributed by atoms with Crippen molar-refractivity contribution in [2.24, 2.45) is 0 Å². The van der Waals surface area contributed by atoms with Gasteiger partial charge in [-0.2, -0.15) is 5.26 Å². The summed E-state index contributed by atoms with van der Waals surface area (Å²) in [6.07, 6.45) is 4.38. The molecule has 3 aromatic rings. The molecule has 0 atom stereocenters. The van der Waals surface area contributed by atoms with Gasteiger partial charge in [-0.05, 0) is 90.0 Å². The molecule has 0 saturated heterocycles. The number of hydrogen-bond donors (Lipinski definition) is 0. The number of hydrogen-bond acceptors (Lipinski definition) is 5. The molecule has 0 spiro atoms. The standard InChI is InChI=1S/C28H25NO4/c1-2-13-31-14-3-4-15-32-25-10-12-27-23(18-25)17-22-16-21(7-11-26(22)27)28(30)33-24-8-5-20(19-29)6-9-24/h2,5-12,16,18H,1,3-4,13-15,17H2. The summed E-state index contributed by atoms with van der Waals surface area (Å²) in [5.41, 5.74) is 5.60. The van der Waals surface area contributed by atoms with Crippen molar-refractivity contribution in [3.63, 3.8) is 0 Å². The number of nitriles is 1. The molecule has 1 aliphatic rings. The first-order valence-corrected chi connectivity index (χ1v) is 11.0. The van der Waals surface area contributed by atoms with Crippen molar-refractivity contribution in [3.8, 4) is 28.7 Å². The Morgan fingerprint density at radius 1 is 0.939 bits per heavy atom. The zero-order chi connectivity index (χ0) is 23.0. The third kappa shape index (κ3) is 5.49. The summed E-state index contributed by atoms with van der Waals surface area (Å²) in [4.78, 5) is 12.6. The molecule has 5 nitrogen and oxygen atoms in total. The Bertz CT molecular complexity index is 1190. The van der Waals surface area contributed by atoms with E-state index in [1.807, 2.05) is 24.3 Å². The van der Waals surface area contributed by atoms with Crippen molar-refractivity contribution >= 4 is 5.97 Å². The second kappa shape index (κ2) is 10.6. The maximum atomic E-state index is 12.6. The van der Waals surface area contributed by atoms with Gasteiger partial charge >= 0.3 is 5.97 Å². The highest BCUT2D eigenvalue weighted by molar-refractivity contribution is 5.93. The van der Waals surface area contributed by atoms with Crippen LogP contribution in [0.1, 0.15) is 39.9 Å². The van der Waals surface area contributed by atoms with Crippen LogP contribution in [-0.2, 0) is 11.2 Å². The van der Waals surface area contributed by atoms with Crippen molar-refractivity contribution in [2.45, 2.75) is 19.3 Å². The average molecular weight is 440 g/mol. The molecule has 1 aliphatic carbocycles. The number of esters is 1. The van der Waals surface area contributed by atoms with Crippen LogP contribution in [0.5, 0.6) is 11.5 Å². The summed E-state index contributed by atoms with van der Waals surface area (Å²) >= 11 is 0. The molecule has 0 heterocycles. The van der Waals surface area contributed by atoms with Crippen molar-refractivity contribution in [3.05, 3.63) is 95.6 Å². The zero-order valence-corrected chi connectivity index (χ0v) is 18.4. The van der Waals surface area contributed by atoms with Crippen LogP contribution in [0.2, 0.25) is 0 Å². The topological polar surface area (TPSA) is 68.6 Å². The van der Waals surface area contributed by atoms with E-state index in [9.17, 15) is 4.79 Å². The molecule has 5 heteroatoms. The Morgan fingerprint density at radius 2 is 1.64 bits per heavy atom. The number of benzene rings is 3. The summed E-state index contributed by atoms with van der Waals surface area (Å²) in [5.74, 6) is 0.852. The van der Waals surface area contributed by atoms with E-state index in [1.54, 1.807) is 36.4 Å². The fourth-order valence-electron chi connectivity index (χ4n) is 3.83. The second-order valence-corrected chi connectivity index (χ2v) is 7.81. The lowest BCUT2D eigenvalue weighted by Crippen LogP contribution is -2.08. The van der Waals surface area contributed by atoms with E-state index in [-0.39, 0.29) is 0 Å². The fraction of sp³-hybridized carbons (Fsp3) is 0.214. The predicted octanol–water partition coefficient (Wildman–Crippen LogP) is 5.71. The second-order valence-electron chi connectivity index (χ2n) is 7.81. The summed E-state index contributed by atoms with van der Waals surface area (Å²) in [7, 11) is 0. The Labute approximate surface area is 193 Å². The van der Waals surface area contributed by atoms with Crippen LogP contribution in [0, 0.1) is 11.3 Å². The highest BCUT2D eigenvalue weighted by atomic mass is 16.5. The van der Waals surface area contributed by atoms with Crippen LogP contribution in [0.25, 0.3) is 11.1 Å². The number of ether oxygens (including phenoxy) is 3. The number of fused-ring (bicyclic) bond motifs is 3. The van der Waals surface area contributed by atoms with E-state index < -0.39 is 5.97 Å². The summed E-state index contributed by atoms with van der Waals surface area (Å²) in [5, 5.41) is 8.89. The number of carbonyl (C=O) groups is 1. The molecule has 0 fully saturated rings. The van der Waals surface area contributed by atoms with Crippen LogP contribution < -0.4 is 9.47 Å². The number of carbonyl (C=O) groups excluding carboxylic acids is 1. The molecule has 166 valence electrons. The van der Waals surface area contributed by atoms with E-state index in [0.29, 0.717) is 36.7 Å². The van der Waals surface area contributed by atoms with Gasteiger partial charge in [-0.1, -0.05) is 18.2 Å². The van der Waals surface area contributed by atoms with Gasteiger partial charge in [-0.15, -0.1) is 6.58 Å². The zero-order valence-electron chi connectivity index (χ0n) is 18.4. The SMILES string of the molecule is C=CCOCCCCOc1ccc2c(c1)Cc1cc(C(=O)Oc3ccc(C#N)cc3)ccc1-2. The van der Waals surface area contributed by atoms with E-state index in [4.69, 9.17) is 19.5 Å². The molecule has 0 bridgehead atoms. The Hall–Kier alpha value is -3.88. The largest absolute Gasteiger partial charge is 0.494 e. The van der Waals surface area contributed by atoms with Gasteiger partial charge in [-0.3, -0.25) is 0 Å². The van der Waals surface area contributed by atoms with Gasteiger partial charge in [-0.25, -0.2) is 4.79 Å². The predicted molar refractivity (Wildman–Crippen MR) is 127 cm³/mol. The number of nitrogens with zero attached hydrogens (tertiary/aromatic N) is 1. The van der Waals surface area contributed by atoms with Gasteiger partial charge in [0.25, 0.3) is 0 Å². The van der Waals surface area contributed by atoms with Crippen LogP contribution in [-0.4, -0.2) is 25.8 Å². The first-order chi connectivity index (χ1) is 16.2. The monoisotopic (exact) mass is 439 g/mol. The Morgan fingerprint density at radius 3 is 2.39 bits per heavy atom. The maximum Gasteiger partial charge on any atom is 0.343 e. The first-order valence-electron chi connectivity index (χ1n) is 11.0. The van der Waals surface area contributed by atoms with Gasteiger partial charge in [0.1, 0.15) is 11.5 Å². The third-order valence-electron chi connectivity index (χ3n) is 5.47. The van der Waals surface area contributed by atoms with Gasteiger partial charge in [0.2, 0.25) is 0 Å². The molecule has 0 saturated carbocycles. The average Bonchev–Trinajstić information content (AvgIpc) is 3.21. The van der Waals surface area contributed by atoms with Crippen molar-refractivity contribution in [1.29, 1.82) is 5.26 Å². The molecule has 33 heavy (non-hydrogen) atoms. The summed E-state index contributed by atoms with van der Waals surface area (Å²) in [6, 6.07) is 20.3. The van der Waals surface area contributed by atoms with Crippen molar-refractivity contribution in [2.75, 3.05) is 19.8 Å². The van der Waals surface area contributed by atoms with Gasteiger partial charge in [0.15, 0.2) is 0 Å². The molecule has 0 N–H and O–H groups in total. The molecule has 3 aromatic carbocycles. The normalized spacial score (nSPS) is 11.2. The fourth-order valence-corrected chi connectivity index (χ4v) is 3.83. The maximum absolute atomic E-state index is 12.6. The van der Waals surface area contributed by atoms with Crippen LogP contribution >= 0.6 is 0 Å². The smallest absolute Gasteiger partial charge is 0.343 e. The molecule has 4 rings (SSSR count). The van der Waals surface area contributed by atoms with Crippen molar-refractivity contribution in [1.82, 2.24) is 0 Å². The van der Waals surface area contributed by atoms with Crippen LogP contribution in [0.3, 0.4) is 0 Å². The quantitative estimate of drug-likeness (QED) is 0.137. The summed E-state index contributed by atoms with van der Waals surface area (Å²) in [6.45, 7) is 5.58. The molecular formula is C28H25NO4. The molecule has 0 unspecified atom stereocenters. The molecule has 0 aliphatic heterocycles. The molecule has 0 aromatic heterocycles. The lowest BCUT2D eigenvalue weighted by atomic mass is 10.0. The minimum atomic E-state index is -0.417. The Balaban J connectivity index is 1.36. The summed E-state index contributed by atoms with van der Waals surface area (Å²) < 4.78 is 16.8. The van der Waals surface area contributed by atoms with E-state index in [1.165, 1.54) is 11.1 Å². The van der Waals surface area contributed by atoms with Crippen LogP contribution in [0.4, 0.5) is 0 Å². The van der Waals surface area contributed by atoms with E-state index in [2.05, 4.69) is 18.7 Å². The number of unbranched alkanes of at least 4 members (excludes halogenated alkanes) is 1.